The van der Waals surface area contributed by atoms with Gasteiger partial charge < -0.3 is 19.5 Å². The largest absolute Gasteiger partial charge is 0.493 e. The number of ether oxygens (including phenoxy) is 3. The molecule has 0 bridgehead atoms. The number of Topliss-reactive ketones (excluding diaryl/α,β-unsaturated/α-hetero) is 1. The molecule has 0 aromatic heterocycles. The van der Waals surface area contributed by atoms with Crippen LogP contribution in [0.5, 0.6) is 11.5 Å². The predicted molar refractivity (Wildman–Crippen MR) is 119 cm³/mol. The fraction of sp³-hybridized carbons (Fsp3) is 0.440. The van der Waals surface area contributed by atoms with Gasteiger partial charge in [-0.2, -0.15) is 0 Å². The number of benzene rings is 2. The van der Waals surface area contributed by atoms with Gasteiger partial charge in [0.25, 0.3) is 5.91 Å². The highest BCUT2D eigenvalue weighted by atomic mass is 16.5. The predicted octanol–water partition coefficient (Wildman–Crippen LogP) is 4.05. The highest BCUT2D eigenvalue weighted by Crippen LogP contribution is 2.29. The number of amides is 1. The van der Waals surface area contributed by atoms with Crippen LogP contribution in [0, 0.1) is 0 Å². The molecule has 3 rings (SSSR count). The molecule has 1 aliphatic rings. The monoisotopic (exact) mass is 425 g/mol. The summed E-state index contributed by atoms with van der Waals surface area (Å²) in [5, 5.41) is 2.68. The van der Waals surface area contributed by atoms with Crippen molar-refractivity contribution in [3.63, 3.8) is 0 Å². The lowest BCUT2D eigenvalue weighted by atomic mass is 9.86. The SMILES string of the molecule is COc1cc(CNC(=O)C(=O)c2ccc(C(C)(C)C)cc2)ccc1OCC1CCCO1. The van der Waals surface area contributed by atoms with E-state index in [1.54, 1.807) is 25.3 Å². The number of hydrogen-bond acceptors (Lipinski definition) is 5. The van der Waals surface area contributed by atoms with Crippen molar-refractivity contribution < 1.29 is 23.8 Å². The van der Waals surface area contributed by atoms with Crippen LogP contribution in [-0.2, 0) is 21.5 Å². The van der Waals surface area contributed by atoms with E-state index in [-0.39, 0.29) is 18.1 Å². The molecule has 166 valence electrons. The second-order valence-corrected chi connectivity index (χ2v) is 8.77. The minimum absolute atomic E-state index is 0.0110. The average Bonchev–Trinajstić information content (AvgIpc) is 3.29. The summed E-state index contributed by atoms with van der Waals surface area (Å²) in [5.41, 5.74) is 2.29. The molecule has 1 aliphatic heterocycles. The Morgan fingerprint density at radius 1 is 1.10 bits per heavy atom. The molecule has 2 aromatic carbocycles. The van der Waals surface area contributed by atoms with Crippen LogP contribution < -0.4 is 14.8 Å². The molecule has 6 nitrogen and oxygen atoms in total. The van der Waals surface area contributed by atoms with Crippen molar-refractivity contribution in [1.29, 1.82) is 0 Å². The number of methoxy groups -OCH3 is 1. The van der Waals surface area contributed by atoms with E-state index in [4.69, 9.17) is 14.2 Å². The Bertz CT molecular complexity index is 908. The lowest BCUT2D eigenvalue weighted by Crippen LogP contribution is -2.30. The lowest BCUT2D eigenvalue weighted by Gasteiger charge is -2.18. The third-order valence-electron chi connectivity index (χ3n) is 5.35. The van der Waals surface area contributed by atoms with Crippen LogP contribution in [-0.4, -0.2) is 38.1 Å². The Morgan fingerprint density at radius 2 is 1.84 bits per heavy atom. The van der Waals surface area contributed by atoms with Crippen LogP contribution >= 0.6 is 0 Å². The molecule has 1 amide bonds. The van der Waals surface area contributed by atoms with Crippen LogP contribution in [0.3, 0.4) is 0 Å². The van der Waals surface area contributed by atoms with Gasteiger partial charge in [0.2, 0.25) is 5.78 Å². The number of carbonyl (C=O) groups is 2. The molecular weight excluding hydrogens is 394 g/mol. The van der Waals surface area contributed by atoms with E-state index in [9.17, 15) is 9.59 Å². The number of hydrogen-bond donors (Lipinski definition) is 1. The number of nitrogens with one attached hydrogen (secondary N) is 1. The van der Waals surface area contributed by atoms with Gasteiger partial charge in [0.05, 0.1) is 13.2 Å². The first-order valence-electron chi connectivity index (χ1n) is 10.6. The lowest BCUT2D eigenvalue weighted by molar-refractivity contribution is -0.117. The van der Waals surface area contributed by atoms with E-state index >= 15 is 0 Å². The molecule has 2 aromatic rings. The Hall–Kier alpha value is -2.86. The molecule has 0 saturated carbocycles. The Labute approximate surface area is 183 Å². The van der Waals surface area contributed by atoms with E-state index < -0.39 is 11.7 Å². The Kier molecular flexibility index (Phi) is 7.33. The van der Waals surface area contributed by atoms with Crippen molar-refractivity contribution in [2.75, 3.05) is 20.3 Å². The van der Waals surface area contributed by atoms with Crippen molar-refractivity contribution in [2.24, 2.45) is 0 Å². The van der Waals surface area contributed by atoms with Crippen molar-refractivity contribution in [3.05, 3.63) is 59.2 Å². The zero-order chi connectivity index (χ0) is 22.4. The molecule has 1 saturated heterocycles. The minimum Gasteiger partial charge on any atom is -0.493 e. The molecule has 1 heterocycles. The Morgan fingerprint density at radius 3 is 2.45 bits per heavy atom. The average molecular weight is 426 g/mol. The van der Waals surface area contributed by atoms with E-state index in [1.165, 1.54) is 0 Å². The van der Waals surface area contributed by atoms with E-state index in [0.29, 0.717) is 23.7 Å². The van der Waals surface area contributed by atoms with E-state index in [2.05, 4.69) is 26.1 Å². The first kappa shape index (κ1) is 22.8. The van der Waals surface area contributed by atoms with Gasteiger partial charge in [0.15, 0.2) is 11.5 Å². The maximum atomic E-state index is 12.4. The van der Waals surface area contributed by atoms with Crippen molar-refractivity contribution in [2.45, 2.75) is 51.7 Å². The summed E-state index contributed by atoms with van der Waals surface area (Å²) in [5.74, 6) is 0.0158. The Balaban J connectivity index is 1.56. The molecular formula is C25H31NO5. The molecule has 1 atom stereocenters. The van der Waals surface area contributed by atoms with Crippen molar-refractivity contribution in [3.8, 4) is 11.5 Å². The maximum Gasteiger partial charge on any atom is 0.292 e. The van der Waals surface area contributed by atoms with Gasteiger partial charge in [-0.15, -0.1) is 0 Å². The molecule has 1 N–H and O–H groups in total. The van der Waals surface area contributed by atoms with Gasteiger partial charge >= 0.3 is 0 Å². The molecule has 0 spiro atoms. The zero-order valence-electron chi connectivity index (χ0n) is 18.7. The molecule has 1 unspecified atom stereocenters. The topological polar surface area (TPSA) is 73.9 Å². The highest BCUT2D eigenvalue weighted by molar-refractivity contribution is 6.42. The summed E-state index contributed by atoms with van der Waals surface area (Å²) in [7, 11) is 1.57. The fourth-order valence-corrected chi connectivity index (χ4v) is 3.42. The summed E-state index contributed by atoms with van der Waals surface area (Å²) < 4.78 is 16.8. The molecule has 6 heteroatoms. The van der Waals surface area contributed by atoms with Crippen molar-refractivity contribution in [1.82, 2.24) is 5.32 Å². The van der Waals surface area contributed by atoms with Crippen LogP contribution in [0.4, 0.5) is 0 Å². The molecule has 0 radical (unpaired) electrons. The summed E-state index contributed by atoms with van der Waals surface area (Å²) >= 11 is 0. The summed E-state index contributed by atoms with van der Waals surface area (Å²) in [4.78, 5) is 24.8. The van der Waals surface area contributed by atoms with Gasteiger partial charge in [-0.1, -0.05) is 51.1 Å². The summed E-state index contributed by atoms with van der Waals surface area (Å²) in [6, 6.07) is 12.6. The van der Waals surface area contributed by atoms with Gasteiger partial charge in [0, 0.05) is 18.7 Å². The maximum absolute atomic E-state index is 12.4. The highest BCUT2D eigenvalue weighted by Gasteiger charge is 2.19. The quantitative estimate of drug-likeness (QED) is 0.510. The van der Waals surface area contributed by atoms with Crippen molar-refractivity contribution >= 4 is 11.7 Å². The first-order chi connectivity index (χ1) is 14.8. The molecule has 31 heavy (non-hydrogen) atoms. The normalized spacial score (nSPS) is 16.1. The minimum atomic E-state index is -0.638. The second kappa shape index (κ2) is 9.96. The van der Waals surface area contributed by atoms with Gasteiger partial charge in [-0.25, -0.2) is 0 Å². The van der Waals surface area contributed by atoms with Crippen LogP contribution in [0.25, 0.3) is 0 Å². The molecule has 0 aliphatic carbocycles. The van der Waals surface area contributed by atoms with Crippen LogP contribution in [0.1, 0.15) is 55.1 Å². The standard InChI is InChI=1S/C25H31NO5/c1-25(2,3)19-10-8-18(9-11-19)23(27)24(28)26-15-17-7-12-21(22(14-17)29-4)31-16-20-6-5-13-30-20/h7-12,14,20H,5-6,13,15-16H2,1-4H3,(H,26,28). The van der Waals surface area contributed by atoms with Gasteiger partial charge in [0.1, 0.15) is 6.61 Å². The number of rotatable bonds is 8. The molecule has 1 fully saturated rings. The zero-order valence-corrected chi connectivity index (χ0v) is 18.7. The van der Waals surface area contributed by atoms with Gasteiger partial charge in [-0.3, -0.25) is 9.59 Å². The van der Waals surface area contributed by atoms with Crippen LogP contribution in [0.2, 0.25) is 0 Å². The van der Waals surface area contributed by atoms with E-state index in [0.717, 1.165) is 30.6 Å². The second-order valence-electron chi connectivity index (χ2n) is 8.77. The summed E-state index contributed by atoms with van der Waals surface area (Å²) in [6.45, 7) is 7.78. The van der Waals surface area contributed by atoms with Crippen LogP contribution in [0.15, 0.2) is 42.5 Å². The third kappa shape index (κ3) is 6.07. The summed E-state index contributed by atoms with van der Waals surface area (Å²) in [6.07, 6.45) is 2.18. The number of ketones is 1. The third-order valence-corrected chi connectivity index (χ3v) is 5.35. The number of carbonyl (C=O) groups excluding carboxylic acids is 2. The van der Waals surface area contributed by atoms with E-state index in [1.807, 2.05) is 24.3 Å². The van der Waals surface area contributed by atoms with Gasteiger partial charge in [-0.05, 0) is 41.5 Å². The smallest absolute Gasteiger partial charge is 0.292 e. The fourth-order valence-electron chi connectivity index (χ4n) is 3.42. The first-order valence-corrected chi connectivity index (χ1v) is 10.6.